The Kier molecular flexibility index (Phi) is 10.0. The van der Waals surface area contributed by atoms with E-state index < -0.39 is 17.3 Å². The molecule has 0 bridgehead atoms. The molecule has 0 atom stereocenters. The molecule has 0 aliphatic heterocycles. The summed E-state index contributed by atoms with van der Waals surface area (Å²) in [7, 11) is 5.34. The summed E-state index contributed by atoms with van der Waals surface area (Å²) in [5.74, 6) is 1.98. The predicted molar refractivity (Wildman–Crippen MR) is 191 cm³/mol. The minimum atomic E-state index is -0.618. The molecule has 0 spiro atoms. The van der Waals surface area contributed by atoms with E-state index in [1.165, 1.54) is 4.90 Å². The van der Waals surface area contributed by atoms with Gasteiger partial charge in [0.2, 0.25) is 5.89 Å². The van der Waals surface area contributed by atoms with Crippen molar-refractivity contribution >= 4 is 57.1 Å². The fourth-order valence-electron chi connectivity index (χ4n) is 5.05. The van der Waals surface area contributed by atoms with Gasteiger partial charge in [0.05, 0.1) is 12.1 Å². The molecule has 4 heterocycles. The zero-order valence-electron chi connectivity index (χ0n) is 29.5. The number of ether oxygens (including phenoxy) is 2. The summed E-state index contributed by atoms with van der Waals surface area (Å²) in [6.07, 6.45) is 3.63. The molecule has 0 aliphatic carbocycles. The number of nitrogens with zero attached hydrogens (tertiary/aromatic N) is 6. The summed E-state index contributed by atoms with van der Waals surface area (Å²) in [6, 6.07) is 13.0. The second-order valence-electron chi connectivity index (χ2n) is 13.8. The first-order chi connectivity index (χ1) is 23.1. The third kappa shape index (κ3) is 8.99. The van der Waals surface area contributed by atoms with Crippen molar-refractivity contribution in [1.29, 1.82) is 0 Å². The summed E-state index contributed by atoms with van der Waals surface area (Å²) in [5, 5.41) is 8.05. The van der Waals surface area contributed by atoms with Crippen molar-refractivity contribution in [3.8, 4) is 11.5 Å². The number of nitrogens with one attached hydrogen (secondary N) is 2. The third-order valence-corrected chi connectivity index (χ3v) is 7.30. The van der Waals surface area contributed by atoms with Gasteiger partial charge >= 0.3 is 12.1 Å². The number of carbonyl (C=O) groups excluding carboxylic acids is 2. The number of pyridine rings is 3. The van der Waals surface area contributed by atoms with Gasteiger partial charge in [-0.1, -0.05) is 6.07 Å². The lowest BCUT2D eigenvalue weighted by Gasteiger charge is -2.24. The average molecular weight is 669 g/mol. The van der Waals surface area contributed by atoms with Gasteiger partial charge in [0.25, 0.3) is 0 Å². The van der Waals surface area contributed by atoms with Gasteiger partial charge < -0.3 is 24.5 Å². The smallest absolute Gasteiger partial charge is 0.414 e. The van der Waals surface area contributed by atoms with Crippen molar-refractivity contribution in [2.24, 2.45) is 0 Å². The van der Waals surface area contributed by atoms with Crippen LogP contribution in [0.4, 0.5) is 27.9 Å². The molecular weight excluding hydrogens is 624 g/mol. The van der Waals surface area contributed by atoms with Crippen LogP contribution < -0.4 is 15.5 Å². The van der Waals surface area contributed by atoms with E-state index in [1.54, 1.807) is 44.7 Å². The summed E-state index contributed by atoms with van der Waals surface area (Å²) in [4.78, 5) is 47.0. The zero-order valence-corrected chi connectivity index (χ0v) is 29.5. The van der Waals surface area contributed by atoms with E-state index in [0.717, 1.165) is 16.5 Å². The maximum absolute atomic E-state index is 12.7. The fraction of sp³-hybridized carbons (Fsp3) is 0.389. The predicted octanol–water partition coefficient (Wildman–Crippen LogP) is 6.81. The van der Waals surface area contributed by atoms with Crippen LogP contribution in [0.2, 0.25) is 0 Å². The first-order valence-electron chi connectivity index (χ1n) is 16.1. The molecule has 0 fully saturated rings. The van der Waals surface area contributed by atoms with Crippen LogP contribution in [0.5, 0.6) is 0 Å². The number of benzene rings is 1. The number of likely N-dealkylation sites (N-methyl/N-ethyl adjacent to an activating group) is 1. The van der Waals surface area contributed by atoms with Crippen LogP contribution in [-0.4, -0.2) is 82.3 Å². The lowest BCUT2D eigenvalue weighted by atomic mass is 10.1. The van der Waals surface area contributed by atoms with E-state index in [9.17, 15) is 9.59 Å². The van der Waals surface area contributed by atoms with Crippen LogP contribution in [0.25, 0.3) is 33.3 Å². The molecule has 13 nitrogen and oxygen atoms in total. The van der Waals surface area contributed by atoms with Crippen molar-refractivity contribution in [2.75, 3.05) is 49.8 Å². The quantitative estimate of drug-likeness (QED) is 0.151. The van der Waals surface area contributed by atoms with Crippen LogP contribution in [0.3, 0.4) is 0 Å². The molecule has 0 radical (unpaired) electrons. The minimum Gasteiger partial charge on any atom is -0.459 e. The number of hydrogen-bond acceptors (Lipinski definition) is 12. The zero-order chi connectivity index (χ0) is 35.5. The third-order valence-electron chi connectivity index (χ3n) is 7.30. The molecule has 1 amide bonds. The molecular formula is C36H44N8O5. The Hall–Kier alpha value is -5.30. The Morgan fingerprint density at radius 2 is 1.63 bits per heavy atom. The molecule has 13 heteroatoms. The highest BCUT2D eigenvalue weighted by Crippen LogP contribution is 2.35. The fourth-order valence-corrected chi connectivity index (χ4v) is 5.05. The maximum Gasteiger partial charge on any atom is 0.414 e. The second kappa shape index (κ2) is 14.0. The molecule has 0 saturated heterocycles. The number of fused-ring (bicyclic) bond motifs is 2. The van der Waals surface area contributed by atoms with Gasteiger partial charge in [0, 0.05) is 61.6 Å². The van der Waals surface area contributed by atoms with Crippen LogP contribution in [0.1, 0.15) is 47.2 Å². The molecule has 4 aromatic heterocycles. The van der Waals surface area contributed by atoms with Crippen molar-refractivity contribution in [2.45, 2.75) is 59.2 Å². The number of amides is 1. The van der Waals surface area contributed by atoms with Crippen molar-refractivity contribution < 1.29 is 23.5 Å². The maximum atomic E-state index is 12.7. The van der Waals surface area contributed by atoms with Crippen LogP contribution >= 0.6 is 0 Å². The Morgan fingerprint density at radius 3 is 2.35 bits per heavy atom. The highest BCUT2D eigenvalue weighted by Gasteiger charge is 2.22. The topological polar surface area (TPSA) is 148 Å². The average Bonchev–Trinajstić information content (AvgIpc) is 3.44. The Bertz CT molecular complexity index is 1980. The van der Waals surface area contributed by atoms with Crippen molar-refractivity contribution in [3.05, 3.63) is 60.6 Å². The van der Waals surface area contributed by atoms with E-state index in [-0.39, 0.29) is 12.5 Å². The summed E-state index contributed by atoms with van der Waals surface area (Å²) in [6.45, 7) is 11.9. The second-order valence-corrected chi connectivity index (χ2v) is 13.8. The number of aromatic nitrogens is 4. The monoisotopic (exact) mass is 668 g/mol. The van der Waals surface area contributed by atoms with Crippen molar-refractivity contribution in [3.63, 3.8) is 0 Å². The van der Waals surface area contributed by atoms with Gasteiger partial charge in [-0.15, -0.1) is 0 Å². The van der Waals surface area contributed by atoms with Gasteiger partial charge in [-0.3, -0.25) is 14.6 Å². The molecule has 5 rings (SSSR count). The lowest BCUT2D eigenvalue weighted by Crippen LogP contribution is -2.34. The van der Waals surface area contributed by atoms with Gasteiger partial charge in [0.15, 0.2) is 5.58 Å². The van der Waals surface area contributed by atoms with E-state index in [4.69, 9.17) is 23.9 Å². The molecule has 0 unspecified atom stereocenters. The summed E-state index contributed by atoms with van der Waals surface area (Å²) < 4.78 is 17.1. The van der Waals surface area contributed by atoms with Gasteiger partial charge in [-0.05, 0) is 85.0 Å². The Balaban J connectivity index is 1.37. The number of rotatable bonds is 10. The number of esters is 1. The summed E-state index contributed by atoms with van der Waals surface area (Å²) >= 11 is 0. The first-order valence-corrected chi connectivity index (χ1v) is 16.1. The molecule has 0 aliphatic rings. The molecule has 2 N–H and O–H groups in total. The van der Waals surface area contributed by atoms with Crippen LogP contribution in [0, 0.1) is 0 Å². The number of carbonyl (C=O) groups is 2. The first kappa shape index (κ1) is 35.0. The molecule has 49 heavy (non-hydrogen) atoms. The molecule has 0 saturated carbocycles. The molecule has 1 aromatic carbocycles. The number of oxazole rings is 1. The van der Waals surface area contributed by atoms with Crippen LogP contribution in [0.15, 0.2) is 59.3 Å². The van der Waals surface area contributed by atoms with E-state index in [1.807, 2.05) is 77.8 Å². The standard InChI is InChI=1S/C36H44N8O5/c1-35(2,3)48-31(45)21-43(8)16-15-22-11-10-12-29(40-22)42-30-18-24-25(19-38-30)32(37-7)39-20-26(24)33-41-27-17-23(13-14-28(27)47-33)44(9)34(46)49-36(4,5)6/h10-14,17-20H,15-16,21H2,1-9H3,(H,37,39)(H,38,40,42). The Labute approximate surface area is 286 Å². The lowest BCUT2D eigenvalue weighted by molar-refractivity contribution is -0.155. The summed E-state index contributed by atoms with van der Waals surface area (Å²) in [5.41, 5.74) is 2.17. The normalized spacial score (nSPS) is 12.0. The van der Waals surface area contributed by atoms with Gasteiger partial charge in [0.1, 0.15) is 34.2 Å². The highest BCUT2D eigenvalue weighted by atomic mass is 16.6. The van der Waals surface area contributed by atoms with E-state index in [0.29, 0.717) is 58.7 Å². The SMILES string of the molecule is CNc1ncc(-c2nc3cc(N(C)C(=O)OC(C)(C)C)ccc3o2)c2cc(Nc3cccc(CCN(C)CC(=O)OC(C)(C)C)n3)ncc12. The van der Waals surface area contributed by atoms with Crippen LogP contribution in [-0.2, 0) is 20.7 Å². The molecule has 5 aromatic rings. The highest BCUT2D eigenvalue weighted by molar-refractivity contribution is 6.02. The van der Waals surface area contributed by atoms with E-state index >= 15 is 0 Å². The van der Waals surface area contributed by atoms with Crippen molar-refractivity contribution in [1.82, 2.24) is 24.8 Å². The van der Waals surface area contributed by atoms with Gasteiger partial charge in [-0.25, -0.2) is 24.7 Å². The minimum absolute atomic E-state index is 0.201. The largest absolute Gasteiger partial charge is 0.459 e. The Morgan fingerprint density at radius 1 is 0.878 bits per heavy atom. The number of hydrogen-bond donors (Lipinski definition) is 2. The number of anilines is 4. The van der Waals surface area contributed by atoms with Gasteiger partial charge in [-0.2, -0.15) is 0 Å². The molecule has 258 valence electrons. The van der Waals surface area contributed by atoms with E-state index in [2.05, 4.69) is 20.6 Å².